The molecule has 14 aliphatic rings. The zero-order valence-electron chi connectivity index (χ0n) is 69.8. The molecule has 608 valence electrons. The van der Waals surface area contributed by atoms with Gasteiger partial charge in [-0.2, -0.15) is 11.8 Å². The maximum atomic E-state index is 5.47. The second kappa shape index (κ2) is 48.2. The largest absolute Gasteiger partial charge is 0.381 e. The maximum absolute atomic E-state index is 5.47. The Balaban J connectivity index is 0.000000156. The van der Waals surface area contributed by atoms with Crippen molar-refractivity contribution in [3.05, 3.63) is 0 Å². The number of hydrogen-bond donors (Lipinski definition) is 0. The Morgan fingerprint density at radius 3 is 1.04 bits per heavy atom. The van der Waals surface area contributed by atoms with Crippen LogP contribution in [0.15, 0.2) is 0 Å². The van der Waals surface area contributed by atoms with Crippen molar-refractivity contribution in [2.75, 3.05) is 377 Å². The predicted molar refractivity (Wildman–Crippen MR) is 437 cm³/mol. The summed E-state index contributed by atoms with van der Waals surface area (Å²) in [5, 5.41) is 0. The first-order valence-corrected chi connectivity index (χ1v) is 43.9. The number of morpholine rings is 2. The molecule has 0 N–H and O–H groups in total. The number of nitrogens with zero attached hydrogens (tertiary/aromatic N) is 21. The lowest BCUT2D eigenvalue weighted by Gasteiger charge is -2.32. The highest BCUT2D eigenvalue weighted by atomic mass is 32.2. The summed E-state index contributed by atoms with van der Waals surface area (Å²) in [6.07, 6.45) is 14.5. The Kier molecular flexibility index (Phi) is 39.5. The molecular formula is C77H154N21O6S2+7. The number of likely N-dealkylation sites (tertiary alicyclic amines) is 2. The maximum Gasteiger partial charge on any atom is 0.350 e. The summed E-state index contributed by atoms with van der Waals surface area (Å²) in [5.41, 5.74) is 0. The van der Waals surface area contributed by atoms with E-state index in [0.29, 0.717) is 0 Å². The molecule has 0 atom stereocenters. The van der Waals surface area contributed by atoms with E-state index in [1.54, 1.807) is 21.3 Å². The summed E-state index contributed by atoms with van der Waals surface area (Å²) in [5.74, 6) is 14.9. The van der Waals surface area contributed by atoms with Crippen LogP contribution in [0.3, 0.4) is 0 Å². The quantitative estimate of drug-likeness (QED) is 0.173. The number of thioether (sulfide) groups is 2. The molecule has 14 heterocycles. The SMILES string of the molecule is CCCN1CCN(CCOC)C1=[N+]1CCCC1.CCOCCN1CC[N+](C)=C1N1CCCCC1.CN1CCC[N+](C)=C1N1CCOCC1.CN1CCC[N+](C)=C1N1CCSC1.CN1CCC[N+](C)=C1N1CCSCC1.COCCN1CC[N+](C)=C1N1CCCC1.COCCN1CC[N+](C)=C1N1CCOCC1. The van der Waals surface area contributed by atoms with Gasteiger partial charge in [0.05, 0.1) is 326 Å². The average molecular weight is 1530 g/mol. The van der Waals surface area contributed by atoms with E-state index in [-0.39, 0.29) is 0 Å². The van der Waals surface area contributed by atoms with Gasteiger partial charge in [-0.1, -0.05) is 6.92 Å². The van der Waals surface area contributed by atoms with Gasteiger partial charge in [0.25, 0.3) is 0 Å². The Morgan fingerprint density at radius 2 is 0.651 bits per heavy atom. The Hall–Kier alpha value is -4.65. The van der Waals surface area contributed by atoms with Gasteiger partial charge in [-0.25, -0.2) is 0 Å². The highest BCUT2D eigenvalue weighted by Gasteiger charge is 2.40. The van der Waals surface area contributed by atoms with Crippen LogP contribution in [-0.4, -0.2) is 519 Å². The van der Waals surface area contributed by atoms with Crippen molar-refractivity contribution in [1.82, 2.24) is 68.6 Å². The van der Waals surface area contributed by atoms with E-state index in [2.05, 4.69) is 190 Å². The summed E-state index contributed by atoms with van der Waals surface area (Å²) in [4.78, 5) is 34.5. The van der Waals surface area contributed by atoms with Crippen LogP contribution in [0.1, 0.15) is 84.5 Å². The van der Waals surface area contributed by atoms with Crippen molar-refractivity contribution in [1.29, 1.82) is 0 Å². The van der Waals surface area contributed by atoms with Crippen LogP contribution in [0, 0.1) is 0 Å². The number of ether oxygens (including phenoxy) is 6. The first-order valence-electron chi connectivity index (χ1n) is 41.5. The zero-order valence-corrected chi connectivity index (χ0v) is 71.4. The van der Waals surface area contributed by atoms with Crippen molar-refractivity contribution in [2.24, 2.45) is 0 Å². The fraction of sp³-hybridized carbons (Fsp3) is 0.909. The van der Waals surface area contributed by atoms with E-state index in [1.807, 2.05) is 11.8 Å². The van der Waals surface area contributed by atoms with Crippen LogP contribution >= 0.6 is 23.5 Å². The molecule has 106 heavy (non-hydrogen) atoms. The van der Waals surface area contributed by atoms with Crippen LogP contribution in [0.5, 0.6) is 0 Å². The van der Waals surface area contributed by atoms with Gasteiger partial charge in [-0.05, 0) is 58.3 Å². The Morgan fingerprint density at radius 1 is 0.311 bits per heavy atom. The van der Waals surface area contributed by atoms with E-state index in [0.717, 1.165) is 158 Å². The average Bonchev–Trinajstić information content (AvgIpc) is 1.59. The van der Waals surface area contributed by atoms with Gasteiger partial charge in [0.15, 0.2) is 0 Å². The topological polar surface area (TPSA) is 122 Å². The Labute approximate surface area is 652 Å². The monoisotopic (exact) mass is 1530 g/mol. The second-order valence-electron chi connectivity index (χ2n) is 30.6. The normalized spacial score (nSPS) is 22.7. The minimum Gasteiger partial charge on any atom is -0.381 e. The Bertz CT molecular complexity index is 2720. The van der Waals surface area contributed by atoms with Gasteiger partial charge in [-0.3, -0.25) is 101 Å². The van der Waals surface area contributed by atoms with Gasteiger partial charge in [0.1, 0.15) is 5.88 Å². The third kappa shape index (κ3) is 26.5. The third-order valence-corrected chi connectivity index (χ3v) is 24.3. The van der Waals surface area contributed by atoms with Crippen LogP contribution < -0.4 is 0 Å². The number of piperidine rings is 1. The van der Waals surface area contributed by atoms with Crippen molar-refractivity contribution in [3.63, 3.8) is 0 Å². The third-order valence-electron chi connectivity index (χ3n) is 22.4. The first-order chi connectivity index (χ1) is 51.7. The van der Waals surface area contributed by atoms with Crippen LogP contribution in [-0.2, 0) is 28.4 Å². The predicted octanol–water partition coefficient (Wildman–Crippen LogP) is 1.31. The van der Waals surface area contributed by atoms with Crippen molar-refractivity contribution < 1.29 is 60.4 Å². The molecule has 0 aromatic carbocycles. The van der Waals surface area contributed by atoms with Crippen LogP contribution in [0.4, 0.5) is 0 Å². The molecule has 0 amide bonds. The smallest absolute Gasteiger partial charge is 0.350 e. The highest BCUT2D eigenvalue weighted by molar-refractivity contribution is 7.99. The number of likely N-dealkylation sites (N-methyl/N-ethyl adjacent to an activating group) is 3. The van der Waals surface area contributed by atoms with Crippen molar-refractivity contribution in [2.45, 2.75) is 84.5 Å². The molecule has 14 aliphatic heterocycles. The minimum atomic E-state index is 0.793. The molecule has 0 spiro atoms. The molecule has 0 saturated carbocycles. The molecule has 27 nitrogen and oxygen atoms in total. The summed E-state index contributed by atoms with van der Waals surface area (Å²) >= 11 is 4.10. The fourth-order valence-electron chi connectivity index (χ4n) is 17.1. The zero-order chi connectivity index (χ0) is 75.4. The standard InChI is InChI=1S/2C13H26N3O.C11H22N3O2.C11H22N3O.C10H20N3O.C10H20N3S.C9H18N3S/c1-3-17-12-11-16-10-9-14(2)13(16)15-7-5-4-6-8-15;1-3-6-14-9-10-16(11-12-17-2)13(14)15-7-4-5-8-15;1-12-3-4-13(5-8-15-2)11(12)14-6-9-16-10-7-14;1-12-7-8-14(9-10-15-2)11(12)13-5-3-4-6-13;2*1-11-4-3-5-12(2)10(11)13-6-8-14-9-7-13;1-10-4-3-5-11(2)9(10)12-6-7-13-8-12/h2*3-12H2,1-2H3;3-10H2,1-2H3;3-10H2,1-2H3;2*3-9H2,1-2H3;3-8H2,1-2H3/q7*+1. The fourth-order valence-corrected chi connectivity index (χ4v) is 18.9. The van der Waals surface area contributed by atoms with E-state index < -0.39 is 0 Å². The van der Waals surface area contributed by atoms with E-state index in [1.165, 1.54) is 247 Å². The van der Waals surface area contributed by atoms with E-state index >= 15 is 0 Å². The molecule has 0 unspecified atom stereocenters. The second-order valence-corrected chi connectivity index (χ2v) is 32.9. The molecule has 0 bridgehead atoms. The number of hydrogen-bond acceptors (Lipinski definition) is 20. The van der Waals surface area contributed by atoms with Crippen LogP contribution in [0.25, 0.3) is 0 Å². The summed E-state index contributed by atoms with van der Waals surface area (Å²) in [6, 6.07) is 0. The number of methoxy groups -OCH3 is 3. The molecule has 0 aromatic rings. The van der Waals surface area contributed by atoms with Crippen LogP contribution in [0.2, 0.25) is 0 Å². The lowest BCUT2D eigenvalue weighted by Crippen LogP contribution is -2.54. The van der Waals surface area contributed by atoms with Gasteiger partial charge < -0.3 is 28.4 Å². The molecule has 0 radical (unpaired) electrons. The highest BCUT2D eigenvalue weighted by Crippen LogP contribution is 2.20. The summed E-state index contributed by atoms with van der Waals surface area (Å²) < 4.78 is 48.6. The molecule has 29 heteroatoms. The molecule has 8 fully saturated rings. The molecule has 14 rings (SSSR count). The van der Waals surface area contributed by atoms with E-state index in [4.69, 9.17) is 28.4 Å². The molecular weight excluding hydrogens is 1380 g/mol. The molecule has 0 aliphatic carbocycles. The van der Waals surface area contributed by atoms with Crippen molar-refractivity contribution in [3.8, 4) is 0 Å². The van der Waals surface area contributed by atoms with Gasteiger partial charge in [0.2, 0.25) is 0 Å². The molecule has 8 saturated heterocycles. The van der Waals surface area contributed by atoms with Gasteiger partial charge >= 0.3 is 41.7 Å². The van der Waals surface area contributed by atoms with Gasteiger partial charge in [0, 0.05) is 64.5 Å². The minimum absolute atomic E-state index is 0.793. The summed E-state index contributed by atoms with van der Waals surface area (Å²) in [7, 11) is 25.1. The van der Waals surface area contributed by atoms with Crippen molar-refractivity contribution >= 4 is 65.2 Å². The molecule has 0 aromatic heterocycles. The lowest BCUT2D eigenvalue weighted by molar-refractivity contribution is -0.515. The first kappa shape index (κ1) is 86.9. The number of rotatable bonds is 15. The van der Waals surface area contributed by atoms with E-state index in [9.17, 15) is 0 Å². The van der Waals surface area contributed by atoms with Gasteiger partial charge in [-0.15, -0.1) is 11.8 Å². The lowest BCUT2D eigenvalue weighted by atomic mass is 10.1. The number of guanidine groups is 7. The summed E-state index contributed by atoms with van der Waals surface area (Å²) in [6.45, 7) is 48.6.